The fourth-order valence-corrected chi connectivity index (χ4v) is 2.27. The fourth-order valence-electron chi connectivity index (χ4n) is 1.11. The maximum absolute atomic E-state index is 11.6. The van der Waals surface area contributed by atoms with E-state index in [1.54, 1.807) is 0 Å². The minimum absolute atomic E-state index is 0.0641. The lowest BCUT2D eigenvalue weighted by atomic mass is 10.1. The molecule has 88 valence electrons. The lowest BCUT2D eigenvalue weighted by Crippen LogP contribution is -2.18. The Labute approximate surface area is 113 Å². The summed E-state index contributed by atoms with van der Waals surface area (Å²) in [6.45, 7) is 4.05. The number of hydrogen-bond acceptors (Lipinski definition) is 2. The Hall–Kier alpha value is -0.350. The third-order valence-corrected chi connectivity index (χ3v) is 3.54. The van der Waals surface area contributed by atoms with Crippen LogP contribution < -0.4 is 4.74 Å². The van der Waals surface area contributed by atoms with E-state index in [1.165, 1.54) is 0 Å². The minimum Gasteiger partial charge on any atom is -0.485 e. The number of Topliss-reactive ketones (excluding diaryl/α,β-unsaturated/α-hetero) is 1. The zero-order chi connectivity index (χ0) is 12.1. The summed E-state index contributed by atoms with van der Waals surface area (Å²) in [4.78, 5) is 11.6. The molecule has 0 spiro atoms. The van der Waals surface area contributed by atoms with Crippen LogP contribution in [-0.2, 0) is 4.79 Å². The molecule has 1 aromatic rings. The fraction of sp³-hybridized carbons (Fsp3) is 0.417. The average Bonchev–Trinajstić information content (AvgIpc) is 2.26. The molecule has 0 radical (unpaired) electrons. The van der Waals surface area contributed by atoms with E-state index in [0.717, 1.165) is 15.4 Å². The van der Waals surface area contributed by atoms with Gasteiger partial charge in [0, 0.05) is 10.4 Å². The maximum atomic E-state index is 11.6. The van der Waals surface area contributed by atoms with Gasteiger partial charge in [0.1, 0.15) is 12.4 Å². The van der Waals surface area contributed by atoms with Crippen LogP contribution in [0.5, 0.6) is 5.75 Å². The highest BCUT2D eigenvalue weighted by Crippen LogP contribution is 2.28. The van der Waals surface area contributed by atoms with Gasteiger partial charge in [-0.3, -0.25) is 4.79 Å². The molecule has 1 rings (SSSR count). The zero-order valence-corrected chi connectivity index (χ0v) is 12.5. The Morgan fingerprint density at radius 3 is 2.69 bits per heavy atom. The van der Waals surface area contributed by atoms with Crippen molar-refractivity contribution in [2.75, 3.05) is 6.61 Å². The van der Waals surface area contributed by atoms with E-state index in [0.29, 0.717) is 5.75 Å². The number of ketones is 1. The molecule has 0 heterocycles. The summed E-state index contributed by atoms with van der Waals surface area (Å²) >= 11 is 6.74. The van der Waals surface area contributed by atoms with Crippen molar-refractivity contribution in [1.29, 1.82) is 0 Å². The van der Waals surface area contributed by atoms with Crippen molar-refractivity contribution in [3.63, 3.8) is 0 Å². The van der Waals surface area contributed by atoms with Gasteiger partial charge in [-0.05, 0) is 40.5 Å². The van der Waals surface area contributed by atoms with Crippen LogP contribution in [0.2, 0.25) is 0 Å². The minimum atomic E-state index is 0.0641. The number of rotatable bonds is 5. The summed E-state index contributed by atoms with van der Waals surface area (Å²) in [5, 5.41) is 0. The van der Waals surface area contributed by atoms with Gasteiger partial charge in [-0.1, -0.05) is 29.8 Å². The number of hydrogen-bond donors (Lipinski definition) is 0. The Morgan fingerprint density at radius 1 is 1.44 bits per heavy atom. The molecular weight excluding hydrogens is 336 g/mol. The summed E-state index contributed by atoms with van der Waals surface area (Å²) in [6.07, 6.45) is 0.851. The first-order valence-electron chi connectivity index (χ1n) is 5.15. The van der Waals surface area contributed by atoms with Crippen molar-refractivity contribution in [3.8, 4) is 5.75 Å². The van der Waals surface area contributed by atoms with Crippen molar-refractivity contribution >= 4 is 37.6 Å². The summed E-state index contributed by atoms with van der Waals surface area (Å²) in [6, 6.07) is 5.61. The number of carbonyl (C=O) groups excluding carboxylic acids is 1. The highest BCUT2D eigenvalue weighted by atomic mass is 79.9. The molecule has 1 atom stereocenters. The third kappa shape index (κ3) is 3.91. The van der Waals surface area contributed by atoms with Crippen molar-refractivity contribution in [2.45, 2.75) is 20.3 Å². The van der Waals surface area contributed by atoms with Gasteiger partial charge >= 0.3 is 0 Å². The highest BCUT2D eigenvalue weighted by molar-refractivity contribution is 9.11. The Balaban J connectivity index is 2.58. The quantitative estimate of drug-likeness (QED) is 0.796. The normalized spacial score (nSPS) is 12.2. The molecule has 0 aliphatic rings. The molecule has 0 saturated heterocycles. The average molecular weight is 350 g/mol. The molecule has 1 unspecified atom stereocenters. The molecule has 0 N–H and O–H groups in total. The van der Waals surface area contributed by atoms with Crippen molar-refractivity contribution < 1.29 is 9.53 Å². The predicted octanol–water partition coefficient (Wildman–Crippen LogP) is 4.21. The topological polar surface area (TPSA) is 26.3 Å². The lowest BCUT2D eigenvalue weighted by Gasteiger charge is -2.10. The molecule has 0 aromatic heterocycles. The molecule has 0 saturated carbocycles. The van der Waals surface area contributed by atoms with Crippen LogP contribution in [0.15, 0.2) is 27.1 Å². The van der Waals surface area contributed by atoms with Crippen molar-refractivity contribution in [2.24, 2.45) is 5.92 Å². The summed E-state index contributed by atoms with van der Waals surface area (Å²) in [5.74, 6) is 0.895. The second-order valence-electron chi connectivity index (χ2n) is 3.64. The number of benzene rings is 1. The molecule has 1 aromatic carbocycles. The van der Waals surface area contributed by atoms with Gasteiger partial charge in [-0.25, -0.2) is 0 Å². The second kappa shape index (κ2) is 6.40. The van der Waals surface area contributed by atoms with Gasteiger partial charge in [0.25, 0.3) is 0 Å². The van der Waals surface area contributed by atoms with Crippen LogP contribution >= 0.6 is 31.9 Å². The van der Waals surface area contributed by atoms with E-state index in [4.69, 9.17) is 4.74 Å². The molecule has 0 aliphatic heterocycles. The van der Waals surface area contributed by atoms with Gasteiger partial charge in [0.15, 0.2) is 5.78 Å². The van der Waals surface area contributed by atoms with Crippen molar-refractivity contribution in [3.05, 3.63) is 27.1 Å². The van der Waals surface area contributed by atoms with E-state index in [1.807, 2.05) is 32.0 Å². The molecule has 2 nitrogen and oxygen atoms in total. The van der Waals surface area contributed by atoms with Crippen LogP contribution in [0.4, 0.5) is 0 Å². The Morgan fingerprint density at radius 2 is 2.12 bits per heavy atom. The van der Waals surface area contributed by atoms with Gasteiger partial charge in [0.2, 0.25) is 0 Å². The standard InChI is InChI=1S/C12H14Br2O2/c1-3-8(2)11(15)7-16-12-5-4-9(13)6-10(12)14/h4-6,8H,3,7H2,1-2H3. The Kier molecular flexibility index (Phi) is 5.49. The smallest absolute Gasteiger partial charge is 0.172 e. The molecule has 0 aliphatic carbocycles. The summed E-state index contributed by atoms with van der Waals surface area (Å²) in [5.41, 5.74) is 0. The molecular formula is C12H14Br2O2. The zero-order valence-electron chi connectivity index (χ0n) is 9.30. The SMILES string of the molecule is CCC(C)C(=O)COc1ccc(Br)cc1Br. The third-order valence-electron chi connectivity index (χ3n) is 2.43. The first-order valence-corrected chi connectivity index (χ1v) is 6.73. The first kappa shape index (κ1) is 13.7. The monoisotopic (exact) mass is 348 g/mol. The highest BCUT2D eigenvalue weighted by Gasteiger charge is 2.12. The van der Waals surface area contributed by atoms with Crippen molar-refractivity contribution in [1.82, 2.24) is 0 Å². The second-order valence-corrected chi connectivity index (χ2v) is 5.41. The van der Waals surface area contributed by atoms with Gasteiger partial charge in [-0.2, -0.15) is 0 Å². The van der Waals surface area contributed by atoms with Gasteiger partial charge < -0.3 is 4.74 Å². The summed E-state index contributed by atoms with van der Waals surface area (Å²) in [7, 11) is 0. The number of carbonyl (C=O) groups is 1. The molecule has 0 fully saturated rings. The van der Waals surface area contributed by atoms with E-state index in [2.05, 4.69) is 31.9 Å². The van der Waals surface area contributed by atoms with Crippen LogP contribution in [0.1, 0.15) is 20.3 Å². The van der Waals surface area contributed by atoms with Crippen LogP contribution in [0, 0.1) is 5.92 Å². The van der Waals surface area contributed by atoms with E-state index in [9.17, 15) is 4.79 Å². The lowest BCUT2D eigenvalue weighted by molar-refractivity contribution is -0.124. The van der Waals surface area contributed by atoms with E-state index >= 15 is 0 Å². The van der Waals surface area contributed by atoms with Gasteiger partial charge in [0.05, 0.1) is 4.47 Å². The summed E-state index contributed by atoms with van der Waals surface area (Å²) < 4.78 is 7.28. The van der Waals surface area contributed by atoms with Gasteiger partial charge in [-0.15, -0.1) is 0 Å². The predicted molar refractivity (Wildman–Crippen MR) is 71.8 cm³/mol. The number of ether oxygens (including phenoxy) is 1. The molecule has 16 heavy (non-hydrogen) atoms. The van der Waals surface area contributed by atoms with Crippen LogP contribution in [-0.4, -0.2) is 12.4 Å². The van der Waals surface area contributed by atoms with E-state index < -0.39 is 0 Å². The van der Waals surface area contributed by atoms with Crippen LogP contribution in [0.3, 0.4) is 0 Å². The van der Waals surface area contributed by atoms with Crippen LogP contribution in [0.25, 0.3) is 0 Å². The molecule has 4 heteroatoms. The largest absolute Gasteiger partial charge is 0.485 e. The Bertz CT molecular complexity index is 377. The molecule has 0 bridgehead atoms. The number of halogens is 2. The maximum Gasteiger partial charge on any atom is 0.172 e. The molecule has 0 amide bonds. The first-order chi connectivity index (χ1) is 7.54. The van der Waals surface area contributed by atoms with E-state index in [-0.39, 0.29) is 18.3 Å².